The quantitative estimate of drug-likeness (QED) is 0.682. The second-order valence-corrected chi connectivity index (χ2v) is 4.82. The fourth-order valence-corrected chi connectivity index (χ4v) is 1.97. The van der Waals surface area contributed by atoms with E-state index in [0.717, 1.165) is 5.56 Å². The Hall–Kier alpha value is -2.69. The van der Waals surface area contributed by atoms with Crippen molar-refractivity contribution in [2.45, 2.75) is 19.4 Å². The minimum absolute atomic E-state index is 0.228. The first kappa shape index (κ1) is 15.7. The molecule has 0 spiro atoms. The smallest absolute Gasteiger partial charge is 0.334 e. The Kier molecular flexibility index (Phi) is 5.25. The lowest BCUT2D eigenvalue weighted by molar-refractivity contribution is -0.139. The molecule has 1 amide bonds. The predicted molar refractivity (Wildman–Crippen MR) is 79.8 cm³/mol. The zero-order chi connectivity index (χ0) is 15.9. The van der Waals surface area contributed by atoms with Crippen molar-refractivity contribution in [2.75, 3.05) is 0 Å². The van der Waals surface area contributed by atoms with E-state index in [1.807, 2.05) is 0 Å². The highest BCUT2D eigenvalue weighted by Crippen LogP contribution is 2.12. The lowest BCUT2D eigenvalue weighted by Crippen LogP contribution is -2.43. The van der Waals surface area contributed by atoms with Crippen LogP contribution in [-0.4, -0.2) is 17.9 Å². The number of hydrogen-bond donors (Lipinski definition) is 1. The molecule has 114 valence electrons. The molecule has 4 nitrogen and oxygen atoms in total. The normalized spacial score (nSPS) is 11.5. The molecule has 1 N–H and O–H groups in total. The SMILES string of the molecule is CC(=O)NC(Cc1ccc(F)cc1)C(=O)Oc1ccccc1. The number of nitrogens with one attached hydrogen (secondary N) is 1. The predicted octanol–water partition coefficient (Wildman–Crippen LogP) is 2.48. The summed E-state index contributed by atoms with van der Waals surface area (Å²) in [5.74, 6) is -0.850. The molecule has 1 unspecified atom stereocenters. The third-order valence-electron chi connectivity index (χ3n) is 2.98. The highest BCUT2D eigenvalue weighted by atomic mass is 19.1. The molecule has 0 bridgehead atoms. The molecule has 1 atom stereocenters. The molecule has 0 radical (unpaired) electrons. The number of carbonyl (C=O) groups excluding carboxylic acids is 2. The first-order valence-electron chi connectivity index (χ1n) is 6.83. The molecule has 0 saturated heterocycles. The van der Waals surface area contributed by atoms with Gasteiger partial charge in [0.1, 0.15) is 17.6 Å². The Labute approximate surface area is 127 Å². The summed E-state index contributed by atoms with van der Waals surface area (Å²) in [6.07, 6.45) is 0.228. The van der Waals surface area contributed by atoms with Gasteiger partial charge in [-0.05, 0) is 29.8 Å². The van der Waals surface area contributed by atoms with Crippen LogP contribution in [0.3, 0.4) is 0 Å². The summed E-state index contributed by atoms with van der Waals surface area (Å²) < 4.78 is 18.2. The lowest BCUT2D eigenvalue weighted by Gasteiger charge is -2.16. The Balaban J connectivity index is 2.09. The minimum Gasteiger partial charge on any atom is -0.425 e. The van der Waals surface area contributed by atoms with Gasteiger partial charge < -0.3 is 10.1 Å². The largest absolute Gasteiger partial charge is 0.425 e. The molecule has 0 aromatic heterocycles. The van der Waals surface area contributed by atoms with Crippen LogP contribution in [0, 0.1) is 5.82 Å². The maximum atomic E-state index is 12.9. The topological polar surface area (TPSA) is 55.4 Å². The van der Waals surface area contributed by atoms with E-state index in [2.05, 4.69) is 5.32 Å². The van der Waals surface area contributed by atoms with Gasteiger partial charge in [-0.1, -0.05) is 30.3 Å². The molecule has 0 aliphatic heterocycles. The van der Waals surface area contributed by atoms with Gasteiger partial charge in [-0.3, -0.25) is 4.79 Å². The van der Waals surface area contributed by atoms with Crippen molar-refractivity contribution in [3.8, 4) is 5.75 Å². The maximum absolute atomic E-state index is 12.9. The molecular weight excluding hydrogens is 285 g/mol. The van der Waals surface area contributed by atoms with Gasteiger partial charge in [-0.2, -0.15) is 0 Å². The van der Waals surface area contributed by atoms with Crippen molar-refractivity contribution in [3.05, 3.63) is 66.0 Å². The van der Waals surface area contributed by atoms with Crippen LogP contribution in [-0.2, 0) is 16.0 Å². The lowest BCUT2D eigenvalue weighted by atomic mass is 10.1. The van der Waals surface area contributed by atoms with E-state index in [-0.39, 0.29) is 18.1 Å². The van der Waals surface area contributed by atoms with Gasteiger partial charge in [0.05, 0.1) is 0 Å². The number of halogens is 1. The highest BCUT2D eigenvalue weighted by Gasteiger charge is 2.22. The van der Waals surface area contributed by atoms with Crippen LogP contribution >= 0.6 is 0 Å². The Morgan fingerprint density at radius 2 is 1.73 bits per heavy atom. The number of benzene rings is 2. The molecule has 2 aromatic rings. The molecule has 0 aliphatic rings. The van der Waals surface area contributed by atoms with E-state index in [9.17, 15) is 14.0 Å². The summed E-state index contributed by atoms with van der Waals surface area (Å²) >= 11 is 0. The molecular formula is C17H16FNO3. The first-order chi connectivity index (χ1) is 10.5. The Morgan fingerprint density at radius 3 is 2.32 bits per heavy atom. The number of amides is 1. The van der Waals surface area contributed by atoms with E-state index in [1.165, 1.54) is 19.1 Å². The molecule has 0 heterocycles. The van der Waals surface area contributed by atoms with Crippen molar-refractivity contribution in [3.63, 3.8) is 0 Å². The van der Waals surface area contributed by atoms with E-state index >= 15 is 0 Å². The van der Waals surface area contributed by atoms with E-state index in [4.69, 9.17) is 4.74 Å². The number of ether oxygens (including phenoxy) is 1. The second-order valence-electron chi connectivity index (χ2n) is 4.82. The number of hydrogen-bond acceptors (Lipinski definition) is 3. The average molecular weight is 301 g/mol. The summed E-state index contributed by atoms with van der Waals surface area (Å²) in [7, 11) is 0. The molecule has 22 heavy (non-hydrogen) atoms. The molecule has 0 saturated carbocycles. The molecule has 0 aliphatic carbocycles. The second kappa shape index (κ2) is 7.36. The van der Waals surface area contributed by atoms with Gasteiger partial charge in [0.2, 0.25) is 5.91 Å². The number of para-hydroxylation sites is 1. The van der Waals surface area contributed by atoms with Crippen molar-refractivity contribution in [1.29, 1.82) is 0 Å². The van der Waals surface area contributed by atoms with Crippen LogP contribution in [0.5, 0.6) is 5.75 Å². The molecule has 2 aromatic carbocycles. The van der Waals surface area contributed by atoms with Crippen LogP contribution in [0.2, 0.25) is 0 Å². The van der Waals surface area contributed by atoms with Crippen molar-refractivity contribution in [2.24, 2.45) is 0 Å². The van der Waals surface area contributed by atoms with Crippen LogP contribution in [0.25, 0.3) is 0 Å². The van der Waals surface area contributed by atoms with Crippen LogP contribution in [0.4, 0.5) is 4.39 Å². The third kappa shape index (κ3) is 4.70. The zero-order valence-corrected chi connectivity index (χ0v) is 12.1. The Morgan fingerprint density at radius 1 is 1.09 bits per heavy atom. The van der Waals surface area contributed by atoms with Crippen molar-refractivity contribution < 1.29 is 18.7 Å². The van der Waals surface area contributed by atoms with Gasteiger partial charge in [0.25, 0.3) is 0 Å². The minimum atomic E-state index is -0.830. The number of esters is 1. The van der Waals surface area contributed by atoms with E-state index < -0.39 is 12.0 Å². The first-order valence-corrected chi connectivity index (χ1v) is 6.83. The summed E-state index contributed by atoms with van der Waals surface area (Å²) in [5, 5.41) is 2.56. The molecule has 0 fully saturated rings. The average Bonchev–Trinajstić information content (AvgIpc) is 2.49. The van der Waals surface area contributed by atoms with Gasteiger partial charge in [-0.25, -0.2) is 9.18 Å². The summed E-state index contributed by atoms with van der Waals surface area (Å²) in [6.45, 7) is 1.33. The van der Waals surface area contributed by atoms with Gasteiger partial charge in [0.15, 0.2) is 0 Å². The third-order valence-corrected chi connectivity index (χ3v) is 2.98. The monoisotopic (exact) mass is 301 g/mol. The molecule has 5 heteroatoms. The highest BCUT2D eigenvalue weighted by molar-refractivity contribution is 5.84. The van der Waals surface area contributed by atoms with Gasteiger partial charge >= 0.3 is 5.97 Å². The molecule has 2 rings (SSSR count). The van der Waals surface area contributed by atoms with Crippen molar-refractivity contribution >= 4 is 11.9 Å². The van der Waals surface area contributed by atoms with E-state index in [0.29, 0.717) is 5.75 Å². The summed E-state index contributed by atoms with van der Waals surface area (Å²) in [5.41, 5.74) is 0.727. The van der Waals surface area contributed by atoms with Crippen LogP contribution in [0.1, 0.15) is 12.5 Å². The van der Waals surface area contributed by atoms with E-state index in [1.54, 1.807) is 42.5 Å². The van der Waals surface area contributed by atoms with Crippen LogP contribution < -0.4 is 10.1 Å². The fourth-order valence-electron chi connectivity index (χ4n) is 1.97. The Bertz CT molecular complexity index is 641. The zero-order valence-electron chi connectivity index (χ0n) is 12.1. The van der Waals surface area contributed by atoms with Crippen LogP contribution in [0.15, 0.2) is 54.6 Å². The fraction of sp³-hybridized carbons (Fsp3) is 0.176. The summed E-state index contributed by atoms with van der Waals surface area (Å²) in [6, 6.07) is 13.5. The standard InChI is InChI=1S/C17H16FNO3/c1-12(20)19-16(11-13-7-9-14(18)10-8-13)17(21)22-15-5-3-2-4-6-15/h2-10,16H,11H2,1H3,(H,19,20). The van der Waals surface area contributed by atoms with Crippen molar-refractivity contribution in [1.82, 2.24) is 5.32 Å². The van der Waals surface area contributed by atoms with Gasteiger partial charge in [0, 0.05) is 13.3 Å². The summed E-state index contributed by atoms with van der Waals surface area (Å²) in [4.78, 5) is 23.5. The maximum Gasteiger partial charge on any atom is 0.334 e. The number of rotatable bonds is 5. The van der Waals surface area contributed by atoms with Gasteiger partial charge in [-0.15, -0.1) is 0 Å². The number of carbonyl (C=O) groups is 2.